The second kappa shape index (κ2) is 5.19. The minimum atomic E-state index is -0.185. The summed E-state index contributed by atoms with van der Waals surface area (Å²) in [4.78, 5) is 12.1. The van der Waals surface area contributed by atoms with Crippen molar-refractivity contribution in [1.82, 2.24) is 0 Å². The number of carbonyl (C=O) groups is 1. The topological polar surface area (TPSA) is 17.1 Å². The van der Waals surface area contributed by atoms with E-state index >= 15 is 0 Å². The molecule has 1 unspecified atom stereocenters. The molecule has 0 radical (unpaired) electrons. The molecule has 4 heteroatoms. The number of rotatable bonds is 3. The monoisotopic (exact) mass is 292 g/mol. The second-order valence-corrected chi connectivity index (χ2v) is 5.09. The summed E-state index contributed by atoms with van der Waals surface area (Å²) in [5.74, 6) is 0.474. The molecule has 0 saturated carbocycles. The van der Waals surface area contributed by atoms with Crippen molar-refractivity contribution in [3.05, 3.63) is 29.3 Å². The fourth-order valence-electron chi connectivity index (χ4n) is 1.08. The Balaban J connectivity index is 3.06. The van der Waals surface area contributed by atoms with E-state index in [-0.39, 0.29) is 10.6 Å². The van der Waals surface area contributed by atoms with Gasteiger partial charge in [0.1, 0.15) is 0 Å². The number of carbonyl (C=O) groups excluding carboxylic acids is 1. The van der Waals surface area contributed by atoms with Crippen LogP contribution in [0.4, 0.5) is 0 Å². The number of thiol groups is 1. The molecule has 1 aromatic carbocycles. The van der Waals surface area contributed by atoms with Gasteiger partial charge in [-0.2, -0.15) is 0 Å². The molecule has 0 aliphatic carbocycles. The Morgan fingerprint density at radius 2 is 2.29 bits per heavy atom. The second-order valence-electron chi connectivity index (χ2n) is 2.97. The van der Waals surface area contributed by atoms with Crippen LogP contribution in [0.2, 0.25) is 0 Å². The van der Waals surface area contributed by atoms with E-state index < -0.39 is 0 Å². The molecule has 0 aliphatic heterocycles. The molecule has 1 nitrogen and oxygen atoms in total. The lowest BCUT2D eigenvalue weighted by Gasteiger charge is -2.07. The quantitative estimate of drug-likeness (QED) is 0.511. The first-order valence-electron chi connectivity index (χ1n) is 4.12. The summed E-state index contributed by atoms with van der Waals surface area (Å²) in [7, 11) is 0. The lowest BCUT2D eigenvalue weighted by molar-refractivity contribution is 0.0993. The minimum Gasteiger partial charge on any atom is -0.293 e. The van der Waals surface area contributed by atoms with E-state index in [0.29, 0.717) is 16.3 Å². The first kappa shape index (κ1) is 12.1. The summed E-state index contributed by atoms with van der Waals surface area (Å²) in [6.07, 6.45) is 0. The van der Waals surface area contributed by atoms with Crippen molar-refractivity contribution in [2.24, 2.45) is 0 Å². The Morgan fingerprint density at radius 1 is 1.64 bits per heavy atom. The van der Waals surface area contributed by atoms with E-state index in [1.807, 2.05) is 12.1 Å². The van der Waals surface area contributed by atoms with Gasteiger partial charge in [-0.1, -0.05) is 22.0 Å². The van der Waals surface area contributed by atoms with Crippen molar-refractivity contribution >= 4 is 45.9 Å². The maximum Gasteiger partial charge on any atom is 0.177 e. The first-order chi connectivity index (χ1) is 6.56. The Labute approximate surface area is 102 Å². The predicted octanol–water partition coefficient (Wildman–Crippen LogP) is 3.68. The third-order valence-corrected chi connectivity index (χ3v) is 2.94. The summed E-state index contributed by atoms with van der Waals surface area (Å²) in [6, 6.07) is 5.42. The Morgan fingerprint density at radius 3 is 2.71 bits per heavy atom. The van der Waals surface area contributed by atoms with Crippen LogP contribution < -0.4 is 0 Å². The molecule has 0 N–H and O–H groups in total. The fraction of sp³-hybridized carbons (Fsp3) is 0.300. The predicted molar refractivity (Wildman–Crippen MR) is 66.0 cm³/mol. The summed E-state index contributed by atoms with van der Waals surface area (Å²) in [6.45, 7) is 1.80. The maximum absolute atomic E-state index is 11.6. The van der Waals surface area contributed by atoms with Crippen molar-refractivity contribution < 1.29 is 4.79 Å². The largest absolute Gasteiger partial charge is 0.293 e. The van der Waals surface area contributed by atoms with Crippen LogP contribution in [0.15, 0.2) is 23.1 Å². The smallest absolute Gasteiger partial charge is 0.177 e. The van der Waals surface area contributed by atoms with Crippen LogP contribution in [-0.4, -0.2) is 10.6 Å². The summed E-state index contributed by atoms with van der Waals surface area (Å²) < 4.78 is 0. The lowest BCUT2D eigenvalue weighted by Crippen LogP contribution is -2.10. The summed E-state index contributed by atoms with van der Waals surface area (Å²) in [5, 5.41) is 0. The molecule has 0 aromatic heterocycles. The minimum absolute atomic E-state index is 0.0381. The van der Waals surface area contributed by atoms with E-state index in [0.717, 1.165) is 5.56 Å². The van der Waals surface area contributed by atoms with Gasteiger partial charge in [0.25, 0.3) is 0 Å². The lowest BCUT2D eigenvalue weighted by atomic mass is 10.1. The van der Waals surface area contributed by atoms with Crippen molar-refractivity contribution in [2.45, 2.75) is 22.5 Å². The van der Waals surface area contributed by atoms with Gasteiger partial charge in [0.2, 0.25) is 0 Å². The van der Waals surface area contributed by atoms with Gasteiger partial charge in [0.05, 0.1) is 4.83 Å². The highest BCUT2D eigenvalue weighted by molar-refractivity contribution is 9.10. The molecule has 0 fully saturated rings. The number of benzene rings is 1. The molecule has 14 heavy (non-hydrogen) atoms. The van der Waals surface area contributed by atoms with Gasteiger partial charge in [-0.15, -0.1) is 24.2 Å². The number of alkyl halides is 2. The van der Waals surface area contributed by atoms with E-state index in [9.17, 15) is 4.79 Å². The van der Waals surface area contributed by atoms with Crippen LogP contribution >= 0.6 is 40.2 Å². The standard InChI is InChI=1S/C10H10BrClOS/c1-6(11)10(13)8-3-2-7(5-12)4-9(8)14/h2-4,6,14H,5H2,1H3. The van der Waals surface area contributed by atoms with Gasteiger partial charge in [0, 0.05) is 16.3 Å². The third-order valence-electron chi connectivity index (χ3n) is 1.84. The normalized spacial score (nSPS) is 12.6. The van der Waals surface area contributed by atoms with E-state index in [1.165, 1.54) is 0 Å². The Kier molecular flexibility index (Phi) is 4.48. The average Bonchev–Trinajstić information content (AvgIpc) is 2.16. The van der Waals surface area contributed by atoms with Crippen molar-refractivity contribution in [2.75, 3.05) is 0 Å². The van der Waals surface area contributed by atoms with E-state index in [1.54, 1.807) is 13.0 Å². The van der Waals surface area contributed by atoms with Gasteiger partial charge in [0.15, 0.2) is 5.78 Å². The summed E-state index contributed by atoms with van der Waals surface area (Å²) in [5.41, 5.74) is 1.60. The van der Waals surface area contributed by atoms with Crippen LogP contribution in [0.25, 0.3) is 0 Å². The van der Waals surface area contributed by atoms with Gasteiger partial charge in [-0.3, -0.25) is 4.79 Å². The molecule has 1 rings (SSSR count). The van der Waals surface area contributed by atoms with Crippen molar-refractivity contribution in [1.29, 1.82) is 0 Å². The molecule has 0 bridgehead atoms. The molecular weight excluding hydrogens is 284 g/mol. The molecule has 76 valence electrons. The SMILES string of the molecule is CC(Br)C(=O)c1ccc(CCl)cc1S. The van der Waals surface area contributed by atoms with Gasteiger partial charge in [-0.25, -0.2) is 0 Å². The molecule has 0 spiro atoms. The molecule has 1 atom stereocenters. The highest BCUT2D eigenvalue weighted by Crippen LogP contribution is 2.20. The zero-order valence-corrected chi connectivity index (χ0v) is 10.9. The van der Waals surface area contributed by atoms with E-state index in [4.69, 9.17) is 11.6 Å². The molecule has 0 amide bonds. The molecule has 0 saturated heterocycles. The van der Waals surface area contributed by atoms with Gasteiger partial charge < -0.3 is 0 Å². The molecule has 0 aliphatic rings. The van der Waals surface area contributed by atoms with Crippen LogP contribution in [-0.2, 0) is 5.88 Å². The Bertz CT molecular complexity index is 352. The third kappa shape index (κ3) is 2.75. The van der Waals surface area contributed by atoms with Gasteiger partial charge in [-0.05, 0) is 24.6 Å². The highest BCUT2D eigenvalue weighted by atomic mass is 79.9. The zero-order valence-electron chi connectivity index (χ0n) is 7.63. The van der Waals surface area contributed by atoms with Crippen molar-refractivity contribution in [3.63, 3.8) is 0 Å². The van der Waals surface area contributed by atoms with Gasteiger partial charge >= 0.3 is 0 Å². The fourth-order valence-corrected chi connectivity index (χ4v) is 1.85. The van der Waals surface area contributed by atoms with Crippen LogP contribution in [0.1, 0.15) is 22.8 Å². The maximum atomic E-state index is 11.6. The van der Waals surface area contributed by atoms with Crippen LogP contribution in [0.5, 0.6) is 0 Å². The molecular formula is C10H10BrClOS. The number of halogens is 2. The summed E-state index contributed by atoms with van der Waals surface area (Å²) >= 11 is 13.2. The average molecular weight is 294 g/mol. The number of hydrogen-bond donors (Lipinski definition) is 1. The van der Waals surface area contributed by atoms with Crippen molar-refractivity contribution in [3.8, 4) is 0 Å². The number of ketones is 1. The Hall–Kier alpha value is 0.01000. The number of hydrogen-bond acceptors (Lipinski definition) is 2. The van der Waals surface area contributed by atoms with E-state index in [2.05, 4.69) is 28.6 Å². The van der Waals surface area contributed by atoms with Crippen LogP contribution in [0, 0.1) is 0 Å². The number of Topliss-reactive ketones (excluding diaryl/α,β-unsaturated/α-hetero) is 1. The first-order valence-corrected chi connectivity index (χ1v) is 6.02. The van der Waals surface area contributed by atoms with Crippen LogP contribution in [0.3, 0.4) is 0 Å². The molecule has 0 heterocycles. The highest BCUT2D eigenvalue weighted by Gasteiger charge is 2.14. The molecule has 1 aromatic rings. The zero-order chi connectivity index (χ0) is 10.7.